The van der Waals surface area contributed by atoms with Gasteiger partial charge in [0.1, 0.15) is 0 Å². The normalized spacial score (nSPS) is 29.6. The SMILES string of the molecule is CC(C)(C)CC1CCC(C(C)(C)C)O1. The monoisotopic (exact) mass is 198 g/mol. The Morgan fingerprint density at radius 3 is 1.93 bits per heavy atom. The lowest BCUT2D eigenvalue weighted by atomic mass is 9.86. The average molecular weight is 198 g/mol. The summed E-state index contributed by atoms with van der Waals surface area (Å²) >= 11 is 0. The highest BCUT2D eigenvalue weighted by molar-refractivity contribution is 4.84. The van der Waals surface area contributed by atoms with Crippen LogP contribution in [-0.4, -0.2) is 12.2 Å². The smallest absolute Gasteiger partial charge is 0.0628 e. The van der Waals surface area contributed by atoms with Crippen LogP contribution < -0.4 is 0 Å². The van der Waals surface area contributed by atoms with Crippen LogP contribution in [-0.2, 0) is 4.74 Å². The highest BCUT2D eigenvalue weighted by Crippen LogP contribution is 2.37. The summed E-state index contributed by atoms with van der Waals surface area (Å²) in [6.45, 7) is 13.7. The lowest BCUT2D eigenvalue weighted by molar-refractivity contribution is -0.0290. The Morgan fingerprint density at radius 2 is 1.57 bits per heavy atom. The van der Waals surface area contributed by atoms with E-state index in [9.17, 15) is 0 Å². The molecule has 0 amide bonds. The first-order valence-electron chi connectivity index (χ1n) is 5.84. The zero-order valence-corrected chi connectivity index (χ0v) is 10.7. The van der Waals surface area contributed by atoms with E-state index in [1.54, 1.807) is 0 Å². The number of rotatable bonds is 1. The molecule has 1 nitrogen and oxygen atoms in total. The maximum Gasteiger partial charge on any atom is 0.0628 e. The molecule has 1 heteroatoms. The Labute approximate surface area is 89.2 Å². The fraction of sp³-hybridized carbons (Fsp3) is 1.00. The molecule has 2 atom stereocenters. The molecule has 0 N–H and O–H groups in total. The average Bonchev–Trinajstić information content (AvgIpc) is 2.29. The lowest BCUT2D eigenvalue weighted by Gasteiger charge is -2.28. The zero-order chi connectivity index (χ0) is 11.0. The second-order valence-electron chi connectivity index (χ2n) is 6.95. The summed E-state index contributed by atoms with van der Waals surface area (Å²) in [5.74, 6) is 0. The second-order valence-corrected chi connectivity index (χ2v) is 6.95. The number of hydrogen-bond donors (Lipinski definition) is 0. The lowest BCUT2D eigenvalue weighted by Crippen LogP contribution is -2.27. The van der Waals surface area contributed by atoms with E-state index < -0.39 is 0 Å². The number of ether oxygens (including phenoxy) is 1. The van der Waals surface area contributed by atoms with Crippen LogP contribution >= 0.6 is 0 Å². The Hall–Kier alpha value is -0.0400. The third-order valence-electron chi connectivity index (χ3n) is 2.91. The molecule has 1 fully saturated rings. The van der Waals surface area contributed by atoms with E-state index in [2.05, 4.69) is 41.5 Å². The fourth-order valence-corrected chi connectivity index (χ4v) is 2.18. The van der Waals surface area contributed by atoms with E-state index >= 15 is 0 Å². The zero-order valence-electron chi connectivity index (χ0n) is 10.7. The molecule has 2 unspecified atom stereocenters. The molecule has 0 aliphatic carbocycles. The standard InChI is InChI=1S/C13H26O/c1-12(2,3)9-10-7-8-11(14-10)13(4,5)6/h10-11H,7-9H2,1-6H3. The highest BCUT2D eigenvalue weighted by atomic mass is 16.5. The van der Waals surface area contributed by atoms with Crippen molar-refractivity contribution in [3.05, 3.63) is 0 Å². The van der Waals surface area contributed by atoms with Crippen molar-refractivity contribution in [3.8, 4) is 0 Å². The summed E-state index contributed by atoms with van der Waals surface area (Å²) in [5, 5.41) is 0. The highest BCUT2D eigenvalue weighted by Gasteiger charge is 2.35. The largest absolute Gasteiger partial charge is 0.374 e. The van der Waals surface area contributed by atoms with Crippen LogP contribution in [0.15, 0.2) is 0 Å². The topological polar surface area (TPSA) is 9.23 Å². The van der Waals surface area contributed by atoms with Crippen molar-refractivity contribution in [2.24, 2.45) is 10.8 Å². The molecule has 14 heavy (non-hydrogen) atoms. The van der Waals surface area contributed by atoms with Gasteiger partial charge < -0.3 is 4.74 Å². The van der Waals surface area contributed by atoms with Crippen molar-refractivity contribution in [3.63, 3.8) is 0 Å². The minimum absolute atomic E-state index is 0.312. The van der Waals surface area contributed by atoms with Gasteiger partial charge in [-0.2, -0.15) is 0 Å². The van der Waals surface area contributed by atoms with Gasteiger partial charge in [0.25, 0.3) is 0 Å². The Kier molecular flexibility index (Phi) is 3.30. The summed E-state index contributed by atoms with van der Waals surface area (Å²) in [5.41, 5.74) is 0.712. The Balaban J connectivity index is 2.42. The van der Waals surface area contributed by atoms with E-state index in [-0.39, 0.29) is 0 Å². The van der Waals surface area contributed by atoms with Gasteiger partial charge in [-0.1, -0.05) is 41.5 Å². The minimum atomic E-state index is 0.312. The van der Waals surface area contributed by atoms with Gasteiger partial charge in [0, 0.05) is 0 Å². The van der Waals surface area contributed by atoms with Gasteiger partial charge in [0.15, 0.2) is 0 Å². The molecule has 0 aromatic carbocycles. The fourth-order valence-electron chi connectivity index (χ4n) is 2.18. The van der Waals surface area contributed by atoms with Crippen LogP contribution in [0.25, 0.3) is 0 Å². The van der Waals surface area contributed by atoms with Crippen molar-refractivity contribution < 1.29 is 4.74 Å². The van der Waals surface area contributed by atoms with Crippen molar-refractivity contribution in [2.45, 2.75) is 73.0 Å². The van der Waals surface area contributed by atoms with Crippen LogP contribution in [0, 0.1) is 10.8 Å². The first-order chi connectivity index (χ1) is 6.18. The van der Waals surface area contributed by atoms with Crippen molar-refractivity contribution in [1.29, 1.82) is 0 Å². The van der Waals surface area contributed by atoms with E-state index in [1.165, 1.54) is 19.3 Å². The van der Waals surface area contributed by atoms with E-state index in [1.807, 2.05) is 0 Å². The van der Waals surface area contributed by atoms with Crippen LogP contribution in [0.1, 0.15) is 60.8 Å². The van der Waals surface area contributed by atoms with Crippen LogP contribution in [0.2, 0.25) is 0 Å². The molecule has 0 aromatic heterocycles. The Morgan fingerprint density at radius 1 is 1.00 bits per heavy atom. The molecule has 1 aliphatic heterocycles. The predicted octanol–water partition coefficient (Wildman–Crippen LogP) is 4.02. The molecular weight excluding hydrogens is 172 g/mol. The molecule has 0 bridgehead atoms. The maximum absolute atomic E-state index is 6.10. The quantitative estimate of drug-likeness (QED) is 0.618. The van der Waals surface area contributed by atoms with Crippen molar-refractivity contribution in [2.75, 3.05) is 0 Å². The molecule has 1 rings (SSSR count). The molecule has 84 valence electrons. The molecule has 1 heterocycles. The van der Waals surface area contributed by atoms with Crippen molar-refractivity contribution in [1.82, 2.24) is 0 Å². The summed E-state index contributed by atoms with van der Waals surface area (Å²) in [4.78, 5) is 0. The van der Waals surface area contributed by atoms with Gasteiger partial charge in [-0.05, 0) is 30.1 Å². The van der Waals surface area contributed by atoms with Gasteiger partial charge in [-0.15, -0.1) is 0 Å². The van der Waals surface area contributed by atoms with Gasteiger partial charge in [-0.25, -0.2) is 0 Å². The minimum Gasteiger partial charge on any atom is -0.374 e. The second kappa shape index (κ2) is 3.84. The third-order valence-corrected chi connectivity index (χ3v) is 2.91. The van der Waals surface area contributed by atoms with Crippen LogP contribution in [0.5, 0.6) is 0 Å². The number of hydrogen-bond acceptors (Lipinski definition) is 1. The van der Waals surface area contributed by atoms with Gasteiger partial charge in [0.05, 0.1) is 12.2 Å². The predicted molar refractivity (Wildman–Crippen MR) is 61.4 cm³/mol. The summed E-state index contributed by atoms with van der Waals surface area (Å²) < 4.78 is 6.10. The maximum atomic E-state index is 6.10. The van der Waals surface area contributed by atoms with Gasteiger partial charge in [0.2, 0.25) is 0 Å². The third kappa shape index (κ3) is 3.61. The van der Waals surface area contributed by atoms with E-state index in [4.69, 9.17) is 4.74 Å². The summed E-state index contributed by atoms with van der Waals surface area (Å²) in [7, 11) is 0. The van der Waals surface area contributed by atoms with Crippen LogP contribution in [0.4, 0.5) is 0 Å². The first-order valence-corrected chi connectivity index (χ1v) is 5.84. The molecule has 0 saturated carbocycles. The molecule has 1 saturated heterocycles. The van der Waals surface area contributed by atoms with Crippen LogP contribution in [0.3, 0.4) is 0 Å². The van der Waals surface area contributed by atoms with E-state index in [0.717, 1.165) is 0 Å². The van der Waals surface area contributed by atoms with E-state index in [0.29, 0.717) is 23.0 Å². The summed E-state index contributed by atoms with van der Waals surface area (Å²) in [6.07, 6.45) is 4.65. The summed E-state index contributed by atoms with van der Waals surface area (Å²) in [6, 6.07) is 0. The molecular formula is C13H26O. The molecule has 0 radical (unpaired) electrons. The first kappa shape index (κ1) is 12.0. The molecule has 0 spiro atoms. The van der Waals surface area contributed by atoms with Gasteiger partial charge in [-0.3, -0.25) is 0 Å². The van der Waals surface area contributed by atoms with Crippen molar-refractivity contribution >= 4 is 0 Å². The van der Waals surface area contributed by atoms with Gasteiger partial charge >= 0.3 is 0 Å². The molecule has 0 aromatic rings. The molecule has 1 aliphatic rings. The Bertz CT molecular complexity index is 182.